The summed E-state index contributed by atoms with van der Waals surface area (Å²) in [6.07, 6.45) is 3.53. The first kappa shape index (κ1) is 11.6. The minimum atomic E-state index is -0.120. The molecule has 0 unspecified atom stereocenters. The fourth-order valence-corrected chi connectivity index (χ4v) is 2.22. The zero-order valence-electron chi connectivity index (χ0n) is 9.09. The third-order valence-electron chi connectivity index (χ3n) is 2.16. The molecule has 0 fully saturated rings. The normalized spacial score (nSPS) is 9.71. The molecule has 2 aromatic heterocycles. The van der Waals surface area contributed by atoms with Crippen LogP contribution in [0.4, 0.5) is 0 Å². The van der Waals surface area contributed by atoms with Gasteiger partial charge in [0.25, 0.3) is 0 Å². The van der Waals surface area contributed by atoms with E-state index in [1.165, 1.54) is 0 Å². The van der Waals surface area contributed by atoms with Crippen molar-refractivity contribution in [3.63, 3.8) is 0 Å². The van der Waals surface area contributed by atoms with Crippen molar-refractivity contribution in [1.82, 2.24) is 4.57 Å². The van der Waals surface area contributed by atoms with Gasteiger partial charge >= 0.3 is 0 Å². The van der Waals surface area contributed by atoms with Gasteiger partial charge in [0, 0.05) is 40.3 Å². The van der Waals surface area contributed by atoms with Crippen molar-refractivity contribution in [2.45, 2.75) is 6.54 Å². The fraction of sp³-hybridized carbons (Fsp3) is 0.154. The summed E-state index contributed by atoms with van der Waals surface area (Å²) in [5.41, 5.74) is 0.932. The SMILES string of the molecule is O=c1ccn(Cc2cc(C#CCO)cs2)cc1. The summed E-state index contributed by atoms with van der Waals surface area (Å²) < 4.78 is 1.94. The van der Waals surface area contributed by atoms with Gasteiger partial charge in [0.15, 0.2) is 5.43 Å². The predicted molar refractivity (Wildman–Crippen MR) is 68.1 cm³/mol. The highest BCUT2D eigenvalue weighted by Gasteiger charge is 1.98. The van der Waals surface area contributed by atoms with Crippen LogP contribution < -0.4 is 5.43 Å². The average Bonchev–Trinajstić information content (AvgIpc) is 2.77. The Morgan fingerprint density at radius 2 is 2.12 bits per heavy atom. The average molecular weight is 245 g/mol. The van der Waals surface area contributed by atoms with Crippen molar-refractivity contribution in [3.8, 4) is 11.8 Å². The fourth-order valence-electron chi connectivity index (χ4n) is 1.40. The highest BCUT2D eigenvalue weighted by atomic mass is 32.1. The molecule has 0 aliphatic carbocycles. The lowest BCUT2D eigenvalue weighted by atomic mass is 10.3. The maximum Gasteiger partial charge on any atom is 0.181 e. The van der Waals surface area contributed by atoms with Gasteiger partial charge in [0.1, 0.15) is 6.61 Å². The molecule has 1 N–H and O–H groups in total. The van der Waals surface area contributed by atoms with Gasteiger partial charge in [0.2, 0.25) is 0 Å². The molecule has 86 valence electrons. The minimum Gasteiger partial charge on any atom is -0.384 e. The number of pyridine rings is 1. The van der Waals surface area contributed by atoms with Gasteiger partial charge < -0.3 is 9.67 Å². The van der Waals surface area contributed by atoms with E-state index in [0.717, 1.165) is 17.0 Å². The van der Waals surface area contributed by atoms with Gasteiger partial charge in [-0.05, 0) is 6.07 Å². The topological polar surface area (TPSA) is 42.2 Å². The first-order chi connectivity index (χ1) is 8.28. The zero-order valence-corrected chi connectivity index (χ0v) is 9.91. The second-order valence-corrected chi connectivity index (χ2v) is 4.46. The second-order valence-electron chi connectivity index (χ2n) is 3.47. The van der Waals surface area contributed by atoms with E-state index in [4.69, 9.17) is 5.11 Å². The Labute approximate surface area is 103 Å². The number of hydrogen-bond acceptors (Lipinski definition) is 3. The van der Waals surface area contributed by atoms with Gasteiger partial charge in [-0.3, -0.25) is 4.79 Å². The van der Waals surface area contributed by atoms with E-state index in [1.807, 2.05) is 16.0 Å². The Morgan fingerprint density at radius 1 is 1.35 bits per heavy atom. The molecule has 0 radical (unpaired) electrons. The molecular formula is C13H11NO2S. The summed E-state index contributed by atoms with van der Waals surface area (Å²) in [6, 6.07) is 5.08. The molecule has 0 spiro atoms. The van der Waals surface area contributed by atoms with Gasteiger partial charge in [-0.2, -0.15) is 0 Å². The van der Waals surface area contributed by atoms with Crippen LogP contribution in [0, 0.1) is 11.8 Å². The van der Waals surface area contributed by atoms with Crippen LogP contribution in [-0.4, -0.2) is 16.3 Å². The number of aromatic nitrogens is 1. The lowest BCUT2D eigenvalue weighted by molar-refractivity contribution is 0.350. The van der Waals surface area contributed by atoms with Crippen molar-refractivity contribution in [2.75, 3.05) is 6.61 Å². The van der Waals surface area contributed by atoms with E-state index >= 15 is 0 Å². The number of hydrogen-bond donors (Lipinski definition) is 1. The van der Waals surface area contributed by atoms with Crippen LogP contribution in [-0.2, 0) is 6.54 Å². The molecule has 2 heterocycles. The largest absolute Gasteiger partial charge is 0.384 e. The van der Waals surface area contributed by atoms with Crippen LogP contribution in [0.15, 0.2) is 40.8 Å². The van der Waals surface area contributed by atoms with Crippen LogP contribution in [0.25, 0.3) is 0 Å². The zero-order chi connectivity index (χ0) is 12.1. The molecule has 0 aliphatic rings. The molecule has 2 rings (SSSR count). The molecule has 0 bridgehead atoms. The summed E-state index contributed by atoms with van der Waals surface area (Å²) in [4.78, 5) is 12.1. The summed E-state index contributed by atoms with van der Waals surface area (Å²) in [5.74, 6) is 5.47. The van der Waals surface area contributed by atoms with Gasteiger partial charge in [0.05, 0.1) is 6.54 Å². The first-order valence-corrected chi connectivity index (χ1v) is 5.99. The van der Waals surface area contributed by atoms with E-state index in [9.17, 15) is 4.79 Å². The van der Waals surface area contributed by atoms with Crippen molar-refractivity contribution in [1.29, 1.82) is 0 Å². The van der Waals surface area contributed by atoms with Crippen LogP contribution in [0.5, 0.6) is 0 Å². The molecule has 4 heteroatoms. The van der Waals surface area contributed by atoms with Crippen molar-refractivity contribution in [2.24, 2.45) is 0 Å². The third-order valence-corrected chi connectivity index (χ3v) is 3.09. The molecule has 0 aliphatic heterocycles. The van der Waals surface area contributed by atoms with E-state index in [2.05, 4.69) is 11.8 Å². The maximum atomic E-state index is 10.9. The van der Waals surface area contributed by atoms with E-state index in [0.29, 0.717) is 0 Å². The third kappa shape index (κ3) is 3.31. The Bertz CT molecular complexity index is 596. The lowest BCUT2D eigenvalue weighted by Gasteiger charge is -2.02. The molecular weight excluding hydrogens is 234 g/mol. The molecule has 3 nitrogen and oxygen atoms in total. The summed E-state index contributed by atoms with van der Waals surface area (Å²) >= 11 is 1.62. The molecule has 0 saturated carbocycles. The standard InChI is InChI=1S/C13H11NO2S/c15-7-1-2-11-8-13(17-10-11)9-14-5-3-12(16)4-6-14/h3-6,8,10,15H,7,9H2. The summed E-state index contributed by atoms with van der Waals surface area (Å²) in [5, 5.41) is 10.6. The van der Waals surface area contributed by atoms with Crippen LogP contribution in [0.1, 0.15) is 10.4 Å². The van der Waals surface area contributed by atoms with Crippen LogP contribution in [0.2, 0.25) is 0 Å². The molecule has 0 atom stereocenters. The Kier molecular flexibility index (Phi) is 3.76. The number of aliphatic hydroxyl groups excluding tert-OH is 1. The van der Waals surface area contributed by atoms with Crippen molar-refractivity contribution in [3.05, 3.63) is 56.6 Å². The van der Waals surface area contributed by atoms with Crippen molar-refractivity contribution >= 4 is 11.3 Å². The number of aliphatic hydroxyl groups is 1. The quantitative estimate of drug-likeness (QED) is 0.810. The lowest BCUT2D eigenvalue weighted by Crippen LogP contribution is -2.03. The second kappa shape index (κ2) is 5.48. The monoisotopic (exact) mass is 245 g/mol. The van der Waals surface area contributed by atoms with Gasteiger partial charge in [-0.15, -0.1) is 11.3 Å². The Hall–Kier alpha value is -1.83. The van der Waals surface area contributed by atoms with Crippen LogP contribution in [0.3, 0.4) is 0 Å². The smallest absolute Gasteiger partial charge is 0.181 e. The molecule has 2 aromatic rings. The predicted octanol–water partition coefficient (Wildman–Crippen LogP) is 1.30. The number of thiophene rings is 1. The van der Waals surface area contributed by atoms with E-state index in [-0.39, 0.29) is 12.0 Å². The van der Waals surface area contributed by atoms with Gasteiger partial charge in [-0.1, -0.05) is 11.8 Å². The highest BCUT2D eigenvalue weighted by Crippen LogP contribution is 2.14. The number of rotatable bonds is 2. The van der Waals surface area contributed by atoms with Crippen molar-refractivity contribution < 1.29 is 5.11 Å². The molecule has 0 amide bonds. The Morgan fingerprint density at radius 3 is 2.82 bits per heavy atom. The maximum absolute atomic E-state index is 10.9. The number of nitrogens with zero attached hydrogens (tertiary/aromatic N) is 1. The van der Waals surface area contributed by atoms with E-state index < -0.39 is 0 Å². The molecule has 0 saturated heterocycles. The molecule has 0 aromatic carbocycles. The Balaban J connectivity index is 2.11. The minimum absolute atomic E-state index is 0.0157. The summed E-state index contributed by atoms with van der Waals surface area (Å²) in [7, 11) is 0. The van der Waals surface area contributed by atoms with Crippen LogP contribution >= 0.6 is 11.3 Å². The first-order valence-electron chi connectivity index (χ1n) is 5.11. The van der Waals surface area contributed by atoms with E-state index in [1.54, 1.807) is 35.9 Å². The summed E-state index contributed by atoms with van der Waals surface area (Å²) in [6.45, 7) is 0.608. The highest BCUT2D eigenvalue weighted by molar-refractivity contribution is 7.10. The van der Waals surface area contributed by atoms with Gasteiger partial charge in [-0.25, -0.2) is 0 Å². The molecule has 17 heavy (non-hydrogen) atoms.